The number of hydrogen-bond donors (Lipinski definition) is 1. The van der Waals surface area contributed by atoms with Crippen LogP contribution >= 0.6 is 0 Å². The van der Waals surface area contributed by atoms with Gasteiger partial charge in [-0.2, -0.15) is 0 Å². The number of carbonyl (C=O) groups is 2. The number of nitrogens with zero attached hydrogens (tertiary/aromatic N) is 3. The first-order valence-corrected chi connectivity index (χ1v) is 10.3. The number of carbonyl (C=O) groups excluding carboxylic acids is 2. The number of aromatic nitrogens is 1. The van der Waals surface area contributed by atoms with Gasteiger partial charge in [0.15, 0.2) is 0 Å². The molecule has 0 aliphatic carbocycles. The summed E-state index contributed by atoms with van der Waals surface area (Å²) in [5, 5.41) is 11.1. The Morgan fingerprint density at radius 1 is 1.26 bits per heavy atom. The molecule has 0 saturated carbocycles. The lowest BCUT2D eigenvalue weighted by Gasteiger charge is -2.26. The molecule has 31 heavy (non-hydrogen) atoms. The second-order valence-corrected chi connectivity index (χ2v) is 8.23. The molecule has 1 aliphatic heterocycles. The molecule has 3 rings (SSSR count). The van der Waals surface area contributed by atoms with Gasteiger partial charge in [-0.05, 0) is 70.3 Å². The standard InChI is InChI=1S/C24H29N3O4/c1-15(2)31-19-9-8-17(13-16(19)3)22(28)20-21(18-7-6-10-25-14-18)27(12-11-26(4)5)24(30)23(20)29/h6-10,13-15,21,28H,11-12H2,1-5H3. The summed E-state index contributed by atoms with van der Waals surface area (Å²) in [5.41, 5.74) is 2.05. The van der Waals surface area contributed by atoms with Crippen molar-refractivity contribution in [2.24, 2.45) is 0 Å². The summed E-state index contributed by atoms with van der Waals surface area (Å²) >= 11 is 0. The molecular formula is C24H29N3O4. The van der Waals surface area contributed by atoms with Gasteiger partial charge in [-0.25, -0.2) is 0 Å². The zero-order valence-corrected chi connectivity index (χ0v) is 18.6. The minimum atomic E-state index is -0.694. The Bertz CT molecular complexity index is 999. The number of benzene rings is 1. The Hall–Kier alpha value is -3.19. The summed E-state index contributed by atoms with van der Waals surface area (Å²) in [6.07, 6.45) is 3.27. The maximum Gasteiger partial charge on any atom is 0.295 e. The molecule has 2 aromatic rings. The van der Waals surface area contributed by atoms with E-state index in [0.29, 0.717) is 30.0 Å². The zero-order chi connectivity index (χ0) is 22.7. The van der Waals surface area contributed by atoms with Crippen molar-refractivity contribution in [3.8, 4) is 5.75 Å². The highest BCUT2D eigenvalue weighted by Gasteiger charge is 2.46. The van der Waals surface area contributed by atoms with Crippen LogP contribution in [-0.2, 0) is 9.59 Å². The molecule has 7 nitrogen and oxygen atoms in total. The fourth-order valence-electron chi connectivity index (χ4n) is 3.64. The first-order valence-electron chi connectivity index (χ1n) is 10.3. The Balaban J connectivity index is 2.09. The van der Waals surface area contributed by atoms with Crippen LogP contribution in [0, 0.1) is 6.92 Å². The Morgan fingerprint density at radius 3 is 2.58 bits per heavy atom. The number of aliphatic hydroxyl groups is 1. The molecule has 1 aromatic heterocycles. The van der Waals surface area contributed by atoms with Gasteiger partial charge in [-0.1, -0.05) is 6.07 Å². The Morgan fingerprint density at radius 2 is 2.00 bits per heavy atom. The van der Waals surface area contributed by atoms with Crippen LogP contribution in [0.25, 0.3) is 5.76 Å². The maximum absolute atomic E-state index is 13.0. The lowest BCUT2D eigenvalue weighted by atomic mass is 9.95. The van der Waals surface area contributed by atoms with Gasteiger partial charge in [-0.3, -0.25) is 14.6 Å². The van der Waals surface area contributed by atoms with Crippen LogP contribution in [0.2, 0.25) is 0 Å². The molecular weight excluding hydrogens is 394 g/mol. The third kappa shape index (κ3) is 4.77. The molecule has 1 aliphatic rings. The van der Waals surface area contributed by atoms with Crippen molar-refractivity contribution in [3.05, 3.63) is 65.0 Å². The minimum Gasteiger partial charge on any atom is -0.507 e. The predicted octanol–water partition coefficient (Wildman–Crippen LogP) is 3.16. The monoisotopic (exact) mass is 423 g/mol. The lowest BCUT2D eigenvalue weighted by molar-refractivity contribution is -0.140. The first-order chi connectivity index (χ1) is 14.7. The minimum absolute atomic E-state index is 0.0192. The molecule has 0 bridgehead atoms. The van der Waals surface area contributed by atoms with E-state index in [4.69, 9.17) is 4.74 Å². The number of aliphatic hydroxyl groups excluding tert-OH is 1. The average molecular weight is 424 g/mol. The number of likely N-dealkylation sites (tertiary alicyclic amines) is 1. The normalized spacial score (nSPS) is 18.3. The number of ketones is 1. The fourth-order valence-corrected chi connectivity index (χ4v) is 3.64. The summed E-state index contributed by atoms with van der Waals surface area (Å²) in [5.74, 6) is -0.792. The van der Waals surface area contributed by atoms with Gasteiger partial charge in [0.05, 0.1) is 17.7 Å². The predicted molar refractivity (Wildman–Crippen MR) is 119 cm³/mol. The molecule has 1 fully saturated rings. The molecule has 2 heterocycles. The van der Waals surface area contributed by atoms with Crippen LogP contribution in [0.4, 0.5) is 0 Å². The van der Waals surface area contributed by atoms with E-state index in [1.54, 1.807) is 36.7 Å². The van der Waals surface area contributed by atoms with Gasteiger partial charge in [0.25, 0.3) is 11.7 Å². The number of amides is 1. The third-order valence-electron chi connectivity index (χ3n) is 5.14. The highest BCUT2D eigenvalue weighted by molar-refractivity contribution is 6.46. The molecule has 7 heteroatoms. The van der Waals surface area contributed by atoms with Gasteiger partial charge in [-0.15, -0.1) is 0 Å². The molecule has 1 saturated heterocycles. The maximum atomic E-state index is 13.0. The Labute approximate surface area is 183 Å². The second-order valence-electron chi connectivity index (χ2n) is 8.23. The van der Waals surface area contributed by atoms with E-state index in [1.807, 2.05) is 45.8 Å². The third-order valence-corrected chi connectivity index (χ3v) is 5.14. The van der Waals surface area contributed by atoms with Crippen molar-refractivity contribution in [1.29, 1.82) is 0 Å². The number of aryl methyl sites for hydroxylation is 1. The van der Waals surface area contributed by atoms with E-state index in [-0.39, 0.29) is 17.4 Å². The van der Waals surface area contributed by atoms with Crippen molar-refractivity contribution in [2.75, 3.05) is 27.2 Å². The van der Waals surface area contributed by atoms with Crippen molar-refractivity contribution < 1.29 is 19.4 Å². The topological polar surface area (TPSA) is 83.0 Å². The van der Waals surface area contributed by atoms with E-state index in [9.17, 15) is 14.7 Å². The molecule has 1 N–H and O–H groups in total. The van der Waals surface area contributed by atoms with Gasteiger partial charge in [0.2, 0.25) is 0 Å². The van der Waals surface area contributed by atoms with Crippen LogP contribution in [0.15, 0.2) is 48.3 Å². The van der Waals surface area contributed by atoms with E-state index in [0.717, 1.165) is 5.56 Å². The van der Waals surface area contributed by atoms with E-state index in [2.05, 4.69) is 4.98 Å². The van der Waals surface area contributed by atoms with Gasteiger partial charge in [0.1, 0.15) is 11.5 Å². The van der Waals surface area contributed by atoms with Crippen LogP contribution in [0.3, 0.4) is 0 Å². The number of rotatable bonds is 7. The van der Waals surface area contributed by atoms with E-state index >= 15 is 0 Å². The number of likely N-dealkylation sites (N-methyl/N-ethyl adjacent to an activating group) is 1. The van der Waals surface area contributed by atoms with Crippen molar-refractivity contribution >= 4 is 17.4 Å². The highest BCUT2D eigenvalue weighted by atomic mass is 16.5. The van der Waals surface area contributed by atoms with Crippen LogP contribution in [-0.4, -0.2) is 64.9 Å². The molecule has 1 amide bonds. The average Bonchev–Trinajstić information content (AvgIpc) is 2.98. The molecule has 0 radical (unpaired) electrons. The molecule has 0 spiro atoms. The molecule has 1 aromatic carbocycles. The van der Waals surface area contributed by atoms with Gasteiger partial charge in [0, 0.05) is 31.0 Å². The number of ether oxygens (including phenoxy) is 1. The smallest absolute Gasteiger partial charge is 0.295 e. The molecule has 1 unspecified atom stereocenters. The van der Waals surface area contributed by atoms with E-state index < -0.39 is 17.7 Å². The summed E-state index contributed by atoms with van der Waals surface area (Å²) in [4.78, 5) is 33.4. The number of hydrogen-bond acceptors (Lipinski definition) is 6. The number of pyridine rings is 1. The van der Waals surface area contributed by atoms with Crippen molar-refractivity contribution in [1.82, 2.24) is 14.8 Å². The van der Waals surface area contributed by atoms with Crippen LogP contribution < -0.4 is 4.74 Å². The van der Waals surface area contributed by atoms with Gasteiger partial charge >= 0.3 is 0 Å². The molecule has 164 valence electrons. The van der Waals surface area contributed by atoms with Gasteiger partial charge < -0.3 is 19.6 Å². The Kier molecular flexibility index (Phi) is 6.75. The van der Waals surface area contributed by atoms with Crippen LogP contribution in [0.5, 0.6) is 5.75 Å². The first kappa shape index (κ1) is 22.5. The zero-order valence-electron chi connectivity index (χ0n) is 18.6. The number of Topliss-reactive ketones (excluding diaryl/α,β-unsaturated/α-hetero) is 1. The SMILES string of the molecule is Cc1cc(C(O)=C2C(=O)C(=O)N(CCN(C)C)C2c2cccnc2)ccc1OC(C)C. The van der Waals surface area contributed by atoms with Crippen molar-refractivity contribution in [2.45, 2.75) is 32.9 Å². The van der Waals surface area contributed by atoms with Crippen molar-refractivity contribution in [3.63, 3.8) is 0 Å². The molecule has 1 atom stereocenters. The lowest BCUT2D eigenvalue weighted by Crippen LogP contribution is -2.35. The van der Waals surface area contributed by atoms with Crippen LogP contribution in [0.1, 0.15) is 36.6 Å². The summed E-state index contributed by atoms with van der Waals surface area (Å²) in [7, 11) is 3.80. The second kappa shape index (κ2) is 9.31. The van der Waals surface area contributed by atoms with E-state index in [1.165, 1.54) is 4.90 Å². The fraction of sp³-hybridized carbons (Fsp3) is 0.375. The summed E-state index contributed by atoms with van der Waals surface area (Å²) < 4.78 is 5.77. The largest absolute Gasteiger partial charge is 0.507 e. The summed E-state index contributed by atoms with van der Waals surface area (Å²) in [6.45, 7) is 6.70. The highest BCUT2D eigenvalue weighted by Crippen LogP contribution is 2.39. The quantitative estimate of drug-likeness (QED) is 0.418. The summed E-state index contributed by atoms with van der Waals surface area (Å²) in [6, 6.07) is 8.11.